The Bertz CT molecular complexity index is 685. The molecule has 0 bridgehead atoms. The molecule has 19 heavy (non-hydrogen) atoms. The zero-order chi connectivity index (χ0) is 13.2. The first-order valence-corrected chi connectivity index (χ1v) is 6.09. The van der Waals surface area contributed by atoms with Gasteiger partial charge >= 0.3 is 0 Å². The molecule has 3 heteroatoms. The molecule has 0 aliphatic rings. The van der Waals surface area contributed by atoms with Gasteiger partial charge in [0.25, 0.3) is 0 Å². The van der Waals surface area contributed by atoms with Crippen molar-refractivity contribution in [1.82, 2.24) is 4.98 Å². The number of rotatable bonds is 2. The number of benzene rings is 2. The Balaban J connectivity index is 2.10. The fraction of sp³-hybridized carbons (Fsp3) is 0.0625. The van der Waals surface area contributed by atoms with E-state index in [9.17, 15) is 0 Å². The van der Waals surface area contributed by atoms with Crippen molar-refractivity contribution in [3.8, 4) is 22.5 Å². The van der Waals surface area contributed by atoms with E-state index in [4.69, 9.17) is 10.2 Å². The van der Waals surface area contributed by atoms with E-state index < -0.39 is 0 Å². The highest BCUT2D eigenvalue weighted by Gasteiger charge is 2.07. The van der Waals surface area contributed by atoms with E-state index >= 15 is 0 Å². The van der Waals surface area contributed by atoms with Gasteiger partial charge in [0.15, 0.2) is 12.2 Å². The average molecular weight is 250 g/mol. The van der Waals surface area contributed by atoms with Crippen LogP contribution in [-0.4, -0.2) is 4.98 Å². The van der Waals surface area contributed by atoms with Crippen molar-refractivity contribution in [3.63, 3.8) is 0 Å². The van der Waals surface area contributed by atoms with E-state index in [1.165, 1.54) is 17.5 Å². The highest BCUT2D eigenvalue weighted by Crippen LogP contribution is 2.29. The lowest BCUT2D eigenvalue weighted by Crippen LogP contribution is -1.87. The van der Waals surface area contributed by atoms with Gasteiger partial charge in [-0.25, -0.2) is 4.98 Å². The molecule has 94 valence electrons. The monoisotopic (exact) mass is 250 g/mol. The normalized spacial score (nSPS) is 10.6. The van der Waals surface area contributed by atoms with Crippen LogP contribution in [0.15, 0.2) is 59.5 Å². The standard InChI is InChI=1S/C16H14N2O/c1-11-2-3-13(16-9-18-10-19-16)8-15(11)12-4-6-14(17)7-5-12/h2-10H,17H2,1H3. The highest BCUT2D eigenvalue weighted by atomic mass is 16.3. The van der Waals surface area contributed by atoms with E-state index in [1.807, 2.05) is 30.3 Å². The predicted molar refractivity (Wildman–Crippen MR) is 76.5 cm³/mol. The third kappa shape index (κ3) is 2.22. The minimum absolute atomic E-state index is 0.771. The number of hydrogen-bond donors (Lipinski definition) is 1. The second-order valence-electron chi connectivity index (χ2n) is 4.52. The summed E-state index contributed by atoms with van der Waals surface area (Å²) >= 11 is 0. The van der Waals surface area contributed by atoms with Crippen molar-refractivity contribution in [1.29, 1.82) is 0 Å². The Labute approximate surface area is 111 Å². The maximum absolute atomic E-state index is 5.73. The van der Waals surface area contributed by atoms with Crippen molar-refractivity contribution >= 4 is 5.69 Å². The molecule has 0 fully saturated rings. The third-order valence-electron chi connectivity index (χ3n) is 3.18. The molecule has 0 saturated heterocycles. The zero-order valence-electron chi connectivity index (χ0n) is 10.6. The molecular weight excluding hydrogens is 236 g/mol. The van der Waals surface area contributed by atoms with Crippen LogP contribution in [0.25, 0.3) is 22.5 Å². The molecule has 0 atom stereocenters. The molecule has 3 rings (SSSR count). The van der Waals surface area contributed by atoms with Gasteiger partial charge in [-0.3, -0.25) is 0 Å². The molecule has 3 nitrogen and oxygen atoms in total. The molecule has 0 aliphatic carbocycles. The summed E-state index contributed by atoms with van der Waals surface area (Å²) in [7, 11) is 0. The summed E-state index contributed by atoms with van der Waals surface area (Å²) in [6.07, 6.45) is 3.16. The molecule has 0 saturated carbocycles. The fourth-order valence-electron chi connectivity index (χ4n) is 2.11. The number of nitrogen functional groups attached to an aromatic ring is 1. The number of aryl methyl sites for hydroxylation is 1. The Morgan fingerprint density at radius 3 is 2.42 bits per heavy atom. The molecule has 2 N–H and O–H groups in total. The summed E-state index contributed by atoms with van der Waals surface area (Å²) in [5, 5.41) is 0. The van der Waals surface area contributed by atoms with Gasteiger partial charge in [0, 0.05) is 11.3 Å². The Morgan fingerprint density at radius 1 is 1.00 bits per heavy atom. The molecule has 0 amide bonds. The smallest absolute Gasteiger partial charge is 0.181 e. The van der Waals surface area contributed by atoms with E-state index in [-0.39, 0.29) is 0 Å². The van der Waals surface area contributed by atoms with Crippen LogP contribution in [0, 0.1) is 6.92 Å². The summed E-state index contributed by atoms with van der Waals surface area (Å²) in [5.41, 5.74) is 11.1. The van der Waals surface area contributed by atoms with Gasteiger partial charge < -0.3 is 10.2 Å². The molecule has 1 heterocycles. The van der Waals surface area contributed by atoms with Crippen molar-refractivity contribution in [2.24, 2.45) is 0 Å². The van der Waals surface area contributed by atoms with Crippen molar-refractivity contribution in [3.05, 3.63) is 60.6 Å². The maximum atomic E-state index is 5.73. The third-order valence-corrected chi connectivity index (χ3v) is 3.18. The summed E-state index contributed by atoms with van der Waals surface area (Å²) < 4.78 is 5.34. The summed E-state index contributed by atoms with van der Waals surface area (Å²) in [4.78, 5) is 3.95. The van der Waals surface area contributed by atoms with E-state index in [1.54, 1.807) is 6.20 Å². The van der Waals surface area contributed by atoms with Crippen LogP contribution in [0.5, 0.6) is 0 Å². The number of hydrogen-bond acceptors (Lipinski definition) is 3. The zero-order valence-corrected chi connectivity index (χ0v) is 10.6. The Morgan fingerprint density at radius 2 is 1.74 bits per heavy atom. The van der Waals surface area contributed by atoms with Gasteiger partial charge in [0.05, 0.1) is 6.20 Å². The van der Waals surface area contributed by atoms with Crippen LogP contribution in [-0.2, 0) is 0 Å². The molecule has 0 unspecified atom stereocenters. The molecule has 0 aliphatic heterocycles. The van der Waals surface area contributed by atoms with Crippen LogP contribution in [0.3, 0.4) is 0 Å². The highest BCUT2D eigenvalue weighted by molar-refractivity contribution is 5.74. The largest absolute Gasteiger partial charge is 0.444 e. The van der Waals surface area contributed by atoms with Gasteiger partial charge in [0.2, 0.25) is 0 Å². The Hall–Kier alpha value is -2.55. The van der Waals surface area contributed by atoms with Crippen molar-refractivity contribution < 1.29 is 4.42 Å². The molecule has 0 radical (unpaired) electrons. The minimum Gasteiger partial charge on any atom is -0.444 e. The molecule has 1 aromatic heterocycles. The van der Waals surface area contributed by atoms with Gasteiger partial charge in [-0.05, 0) is 41.8 Å². The van der Waals surface area contributed by atoms with Crippen LogP contribution in [0.4, 0.5) is 5.69 Å². The summed E-state index contributed by atoms with van der Waals surface area (Å²) in [6, 6.07) is 14.1. The number of anilines is 1. The van der Waals surface area contributed by atoms with E-state index in [0.717, 1.165) is 22.6 Å². The quantitative estimate of drug-likeness (QED) is 0.702. The van der Waals surface area contributed by atoms with Crippen molar-refractivity contribution in [2.75, 3.05) is 5.73 Å². The lowest BCUT2D eigenvalue weighted by Gasteiger charge is -2.08. The van der Waals surface area contributed by atoms with Crippen LogP contribution in [0.2, 0.25) is 0 Å². The van der Waals surface area contributed by atoms with E-state index in [0.29, 0.717) is 0 Å². The van der Waals surface area contributed by atoms with Gasteiger partial charge in [0.1, 0.15) is 0 Å². The SMILES string of the molecule is Cc1ccc(-c2cnco2)cc1-c1ccc(N)cc1. The topological polar surface area (TPSA) is 52.0 Å². The lowest BCUT2D eigenvalue weighted by molar-refractivity contribution is 0.572. The van der Waals surface area contributed by atoms with Crippen molar-refractivity contribution in [2.45, 2.75) is 6.92 Å². The number of nitrogens with zero attached hydrogens (tertiary/aromatic N) is 1. The molecule has 2 aromatic carbocycles. The Kier molecular flexibility index (Phi) is 2.80. The van der Waals surface area contributed by atoms with E-state index in [2.05, 4.69) is 24.0 Å². The predicted octanol–water partition coefficient (Wildman–Crippen LogP) is 3.90. The summed E-state index contributed by atoms with van der Waals surface area (Å²) in [6.45, 7) is 2.09. The van der Waals surface area contributed by atoms with Gasteiger partial charge in [-0.1, -0.05) is 24.3 Å². The molecule has 0 spiro atoms. The first kappa shape index (κ1) is 11.5. The fourth-order valence-corrected chi connectivity index (χ4v) is 2.11. The van der Waals surface area contributed by atoms with Gasteiger partial charge in [-0.2, -0.15) is 0 Å². The maximum Gasteiger partial charge on any atom is 0.181 e. The second kappa shape index (κ2) is 4.61. The van der Waals surface area contributed by atoms with Crippen LogP contribution in [0.1, 0.15) is 5.56 Å². The number of nitrogens with two attached hydrogens (primary N) is 1. The summed E-state index contributed by atoms with van der Waals surface area (Å²) in [5.74, 6) is 0.775. The minimum atomic E-state index is 0.771. The average Bonchev–Trinajstić information content (AvgIpc) is 2.94. The first-order valence-electron chi connectivity index (χ1n) is 6.09. The first-order chi connectivity index (χ1) is 9.24. The number of aromatic nitrogens is 1. The lowest BCUT2D eigenvalue weighted by atomic mass is 9.97. The van der Waals surface area contributed by atoms with Gasteiger partial charge in [-0.15, -0.1) is 0 Å². The van der Waals surface area contributed by atoms with Crippen LogP contribution < -0.4 is 5.73 Å². The van der Waals surface area contributed by atoms with Crippen LogP contribution >= 0.6 is 0 Å². The second-order valence-corrected chi connectivity index (χ2v) is 4.52. The molecular formula is C16H14N2O. The number of oxazole rings is 1. The molecule has 3 aromatic rings.